The van der Waals surface area contributed by atoms with Gasteiger partial charge in [-0.3, -0.25) is 4.98 Å². The fourth-order valence-corrected chi connectivity index (χ4v) is 2.60. The molecule has 0 aliphatic carbocycles. The van der Waals surface area contributed by atoms with Gasteiger partial charge in [-0.05, 0) is 26.0 Å². The SMILES string of the molecule is Cc1ncc(C)n2nc(CCc3nc4ccccc4[nH]3)nc12. The molecule has 0 bridgehead atoms. The van der Waals surface area contributed by atoms with Crippen molar-refractivity contribution in [1.82, 2.24) is 29.5 Å². The number of fused-ring (bicyclic) bond motifs is 2. The molecule has 0 aliphatic rings. The molecule has 0 amide bonds. The van der Waals surface area contributed by atoms with Crippen molar-refractivity contribution in [3.63, 3.8) is 0 Å². The molecule has 0 atom stereocenters. The van der Waals surface area contributed by atoms with Crippen LogP contribution in [0.15, 0.2) is 30.5 Å². The maximum absolute atomic E-state index is 4.59. The smallest absolute Gasteiger partial charge is 0.177 e. The Kier molecular flexibility index (Phi) is 2.89. The predicted molar refractivity (Wildman–Crippen MR) is 83.8 cm³/mol. The van der Waals surface area contributed by atoms with E-state index in [1.165, 1.54) is 0 Å². The maximum atomic E-state index is 4.59. The molecule has 6 nitrogen and oxygen atoms in total. The lowest BCUT2D eigenvalue weighted by Crippen LogP contribution is -1.98. The van der Waals surface area contributed by atoms with Crippen molar-refractivity contribution in [2.75, 3.05) is 0 Å². The van der Waals surface area contributed by atoms with Crippen LogP contribution in [0.4, 0.5) is 0 Å². The monoisotopic (exact) mass is 292 g/mol. The van der Waals surface area contributed by atoms with Gasteiger partial charge in [0, 0.05) is 19.0 Å². The average Bonchev–Trinajstić information content (AvgIpc) is 3.13. The molecule has 110 valence electrons. The van der Waals surface area contributed by atoms with E-state index in [1.807, 2.05) is 48.8 Å². The van der Waals surface area contributed by atoms with Crippen LogP contribution in [-0.4, -0.2) is 29.5 Å². The molecule has 3 aromatic heterocycles. The summed E-state index contributed by atoms with van der Waals surface area (Å²) in [5.74, 6) is 1.78. The Morgan fingerprint density at radius 2 is 1.95 bits per heavy atom. The van der Waals surface area contributed by atoms with E-state index >= 15 is 0 Å². The van der Waals surface area contributed by atoms with Gasteiger partial charge in [0.2, 0.25) is 0 Å². The average molecular weight is 292 g/mol. The molecule has 3 heterocycles. The second kappa shape index (κ2) is 4.91. The van der Waals surface area contributed by atoms with Crippen LogP contribution in [0, 0.1) is 13.8 Å². The molecule has 0 spiro atoms. The maximum Gasteiger partial charge on any atom is 0.177 e. The van der Waals surface area contributed by atoms with Crippen LogP contribution in [0.2, 0.25) is 0 Å². The number of imidazole rings is 1. The topological polar surface area (TPSA) is 71.8 Å². The Balaban J connectivity index is 1.61. The zero-order valence-corrected chi connectivity index (χ0v) is 12.5. The molecule has 1 N–H and O–H groups in total. The minimum atomic E-state index is 0.750. The largest absolute Gasteiger partial charge is 0.342 e. The van der Waals surface area contributed by atoms with Gasteiger partial charge >= 0.3 is 0 Å². The summed E-state index contributed by atoms with van der Waals surface area (Å²) in [6.07, 6.45) is 3.36. The first kappa shape index (κ1) is 12.9. The summed E-state index contributed by atoms with van der Waals surface area (Å²) in [6, 6.07) is 8.05. The molecule has 1 aromatic carbocycles. The van der Waals surface area contributed by atoms with Crippen LogP contribution in [-0.2, 0) is 12.8 Å². The van der Waals surface area contributed by atoms with Gasteiger partial charge in [-0.15, -0.1) is 0 Å². The molecule has 0 saturated heterocycles. The number of rotatable bonds is 3. The quantitative estimate of drug-likeness (QED) is 0.629. The van der Waals surface area contributed by atoms with E-state index in [4.69, 9.17) is 0 Å². The van der Waals surface area contributed by atoms with E-state index in [-0.39, 0.29) is 0 Å². The lowest BCUT2D eigenvalue weighted by atomic mass is 10.3. The number of nitrogens with one attached hydrogen (secondary N) is 1. The van der Waals surface area contributed by atoms with Gasteiger partial charge in [0.25, 0.3) is 0 Å². The zero-order valence-electron chi connectivity index (χ0n) is 12.5. The lowest BCUT2D eigenvalue weighted by Gasteiger charge is -1.97. The first-order chi connectivity index (χ1) is 10.7. The third kappa shape index (κ3) is 2.13. The molecular formula is C16H16N6. The molecular weight excluding hydrogens is 276 g/mol. The van der Waals surface area contributed by atoms with Crippen LogP contribution in [0.1, 0.15) is 23.0 Å². The Morgan fingerprint density at radius 3 is 2.77 bits per heavy atom. The zero-order chi connectivity index (χ0) is 15.1. The third-order valence-electron chi connectivity index (χ3n) is 3.78. The molecule has 4 rings (SSSR count). The fourth-order valence-electron chi connectivity index (χ4n) is 2.60. The van der Waals surface area contributed by atoms with E-state index in [0.29, 0.717) is 0 Å². The standard InChI is InChI=1S/C16H16N6/c1-10-9-17-11(2)16-20-15(21-22(10)16)8-7-14-18-12-5-3-4-6-13(12)19-14/h3-6,9H,7-8H2,1-2H3,(H,18,19). The van der Waals surface area contributed by atoms with Crippen LogP contribution in [0.3, 0.4) is 0 Å². The first-order valence-electron chi connectivity index (χ1n) is 7.32. The molecule has 0 saturated carbocycles. The van der Waals surface area contributed by atoms with Crippen molar-refractivity contribution in [2.24, 2.45) is 0 Å². The summed E-state index contributed by atoms with van der Waals surface area (Å²) in [7, 11) is 0. The van der Waals surface area contributed by atoms with Crippen LogP contribution >= 0.6 is 0 Å². The van der Waals surface area contributed by atoms with E-state index < -0.39 is 0 Å². The highest BCUT2D eigenvalue weighted by Gasteiger charge is 2.10. The van der Waals surface area contributed by atoms with Crippen LogP contribution < -0.4 is 0 Å². The van der Waals surface area contributed by atoms with Gasteiger partial charge in [0.05, 0.1) is 22.4 Å². The summed E-state index contributed by atoms with van der Waals surface area (Å²) in [4.78, 5) is 16.8. The van der Waals surface area contributed by atoms with Crippen molar-refractivity contribution in [3.05, 3.63) is 53.5 Å². The van der Waals surface area contributed by atoms with Crippen molar-refractivity contribution in [1.29, 1.82) is 0 Å². The minimum Gasteiger partial charge on any atom is -0.342 e. The van der Waals surface area contributed by atoms with Gasteiger partial charge in [-0.2, -0.15) is 5.10 Å². The third-order valence-corrected chi connectivity index (χ3v) is 3.78. The Hall–Kier alpha value is -2.76. The number of aromatic nitrogens is 6. The van der Waals surface area contributed by atoms with Gasteiger partial charge in [0.1, 0.15) is 5.82 Å². The van der Waals surface area contributed by atoms with E-state index in [0.717, 1.165) is 52.6 Å². The summed E-state index contributed by atoms with van der Waals surface area (Å²) in [5.41, 5.74) is 4.78. The van der Waals surface area contributed by atoms with E-state index in [1.54, 1.807) is 0 Å². The molecule has 0 aliphatic heterocycles. The number of aryl methyl sites for hydroxylation is 4. The highest BCUT2D eigenvalue weighted by molar-refractivity contribution is 5.74. The Bertz CT molecular complexity index is 893. The Morgan fingerprint density at radius 1 is 1.09 bits per heavy atom. The van der Waals surface area contributed by atoms with Crippen molar-refractivity contribution in [2.45, 2.75) is 26.7 Å². The van der Waals surface area contributed by atoms with Crippen molar-refractivity contribution >= 4 is 16.7 Å². The number of H-pyrrole nitrogens is 1. The van der Waals surface area contributed by atoms with Gasteiger partial charge < -0.3 is 4.98 Å². The molecule has 22 heavy (non-hydrogen) atoms. The number of hydrogen-bond donors (Lipinski definition) is 1. The molecule has 0 radical (unpaired) electrons. The molecule has 6 heteroatoms. The first-order valence-corrected chi connectivity index (χ1v) is 7.32. The highest BCUT2D eigenvalue weighted by atomic mass is 15.3. The van der Waals surface area contributed by atoms with Crippen LogP contribution in [0.5, 0.6) is 0 Å². The van der Waals surface area contributed by atoms with Crippen molar-refractivity contribution < 1.29 is 0 Å². The second-order valence-corrected chi connectivity index (χ2v) is 5.45. The number of benzene rings is 1. The molecule has 4 aromatic rings. The minimum absolute atomic E-state index is 0.750. The highest BCUT2D eigenvalue weighted by Crippen LogP contribution is 2.13. The van der Waals surface area contributed by atoms with Crippen molar-refractivity contribution in [3.8, 4) is 0 Å². The van der Waals surface area contributed by atoms with Gasteiger partial charge in [-0.1, -0.05) is 12.1 Å². The number of nitrogens with zero attached hydrogens (tertiary/aromatic N) is 5. The molecule has 0 fully saturated rings. The number of hydrogen-bond acceptors (Lipinski definition) is 4. The number of para-hydroxylation sites is 2. The predicted octanol–water partition coefficient (Wildman–Crippen LogP) is 2.40. The molecule has 0 unspecified atom stereocenters. The normalized spacial score (nSPS) is 11.5. The fraction of sp³-hybridized carbons (Fsp3) is 0.250. The summed E-state index contributed by atoms with van der Waals surface area (Å²) in [6.45, 7) is 3.93. The lowest BCUT2D eigenvalue weighted by molar-refractivity contribution is 0.798. The van der Waals surface area contributed by atoms with Gasteiger partial charge in [-0.25, -0.2) is 14.5 Å². The van der Waals surface area contributed by atoms with E-state index in [9.17, 15) is 0 Å². The number of aromatic amines is 1. The summed E-state index contributed by atoms with van der Waals surface area (Å²) < 4.78 is 1.86. The van der Waals surface area contributed by atoms with Crippen LogP contribution in [0.25, 0.3) is 16.7 Å². The van der Waals surface area contributed by atoms with Gasteiger partial charge in [0.15, 0.2) is 11.5 Å². The Labute approximate surface area is 127 Å². The second-order valence-electron chi connectivity index (χ2n) is 5.45. The van der Waals surface area contributed by atoms with E-state index in [2.05, 4.69) is 25.0 Å². The summed E-state index contributed by atoms with van der Waals surface area (Å²) >= 11 is 0. The summed E-state index contributed by atoms with van der Waals surface area (Å²) in [5, 5.41) is 4.57.